The quantitative estimate of drug-likeness (QED) is 0.896. The highest BCUT2D eigenvalue weighted by Gasteiger charge is 2.23. The molecule has 126 valence electrons. The van der Waals surface area contributed by atoms with Crippen molar-refractivity contribution in [2.45, 2.75) is 31.8 Å². The number of aromatic nitrogens is 3. The molecule has 1 fully saturated rings. The Kier molecular flexibility index (Phi) is 5.20. The van der Waals surface area contributed by atoms with Crippen LogP contribution in [0.5, 0.6) is 0 Å². The predicted octanol–water partition coefficient (Wildman–Crippen LogP) is 1.90. The minimum absolute atomic E-state index is 0.0647. The molecule has 2 N–H and O–H groups in total. The fourth-order valence-electron chi connectivity index (χ4n) is 2.89. The van der Waals surface area contributed by atoms with Gasteiger partial charge in [-0.1, -0.05) is 0 Å². The van der Waals surface area contributed by atoms with Crippen LogP contribution in [0.1, 0.15) is 31.4 Å². The van der Waals surface area contributed by atoms with Crippen molar-refractivity contribution in [1.29, 1.82) is 0 Å². The fraction of sp³-hybridized carbons (Fsp3) is 0.412. The summed E-state index contributed by atoms with van der Waals surface area (Å²) < 4.78 is 0. The Bertz CT molecular complexity index is 651. The molecule has 0 bridgehead atoms. The highest BCUT2D eigenvalue weighted by atomic mass is 16.2. The van der Waals surface area contributed by atoms with E-state index in [1.807, 2.05) is 19.1 Å². The number of anilines is 1. The molecule has 0 radical (unpaired) electrons. The van der Waals surface area contributed by atoms with Gasteiger partial charge in [0.25, 0.3) is 0 Å². The standard InChI is InChI=1S/C17H22N6O/c1-13(14-5-9-18-10-6-14)21-17(24)22-15-4-2-11-23(12-15)16-19-7-3-8-20-16/h3,5-10,13,15H,2,4,11-12H2,1H3,(H2,21,22,24). The SMILES string of the molecule is CC(NC(=O)NC1CCCN(c2ncccn2)C1)c1ccncc1. The third-order valence-electron chi connectivity index (χ3n) is 4.15. The molecule has 1 aliphatic rings. The van der Waals surface area contributed by atoms with Crippen LogP contribution in [0.25, 0.3) is 0 Å². The zero-order valence-electron chi connectivity index (χ0n) is 13.7. The number of urea groups is 1. The van der Waals surface area contributed by atoms with Crippen LogP contribution in [0.15, 0.2) is 43.0 Å². The highest BCUT2D eigenvalue weighted by Crippen LogP contribution is 2.15. The lowest BCUT2D eigenvalue weighted by Gasteiger charge is -2.33. The largest absolute Gasteiger partial charge is 0.339 e. The summed E-state index contributed by atoms with van der Waals surface area (Å²) in [7, 11) is 0. The zero-order chi connectivity index (χ0) is 16.8. The highest BCUT2D eigenvalue weighted by molar-refractivity contribution is 5.74. The molecular weight excluding hydrogens is 304 g/mol. The molecule has 0 saturated carbocycles. The van der Waals surface area contributed by atoms with E-state index in [9.17, 15) is 4.79 Å². The van der Waals surface area contributed by atoms with Gasteiger partial charge in [-0.15, -0.1) is 0 Å². The van der Waals surface area contributed by atoms with Gasteiger partial charge in [0.05, 0.1) is 6.04 Å². The Hall–Kier alpha value is -2.70. The molecule has 3 rings (SSSR count). The molecule has 7 heteroatoms. The van der Waals surface area contributed by atoms with Crippen molar-refractivity contribution in [2.75, 3.05) is 18.0 Å². The number of nitrogens with one attached hydrogen (secondary N) is 2. The lowest BCUT2D eigenvalue weighted by atomic mass is 10.1. The fourth-order valence-corrected chi connectivity index (χ4v) is 2.89. The molecule has 2 unspecified atom stereocenters. The van der Waals surface area contributed by atoms with E-state index in [1.54, 1.807) is 30.9 Å². The second-order valence-electron chi connectivity index (χ2n) is 5.95. The van der Waals surface area contributed by atoms with Gasteiger partial charge in [0.1, 0.15) is 0 Å². The molecule has 7 nitrogen and oxygen atoms in total. The molecule has 2 amide bonds. The molecule has 0 aromatic carbocycles. The number of nitrogens with zero attached hydrogens (tertiary/aromatic N) is 4. The van der Waals surface area contributed by atoms with Gasteiger partial charge in [0.2, 0.25) is 5.95 Å². The van der Waals surface area contributed by atoms with E-state index >= 15 is 0 Å². The van der Waals surface area contributed by atoms with E-state index in [2.05, 4.69) is 30.5 Å². The average Bonchev–Trinajstić information content (AvgIpc) is 2.63. The molecule has 1 saturated heterocycles. The van der Waals surface area contributed by atoms with Gasteiger partial charge >= 0.3 is 6.03 Å². The molecular formula is C17H22N6O. The molecule has 0 aliphatic carbocycles. The first kappa shape index (κ1) is 16.2. The van der Waals surface area contributed by atoms with Crippen LogP contribution >= 0.6 is 0 Å². The van der Waals surface area contributed by atoms with Crippen LogP contribution in [0.3, 0.4) is 0 Å². The van der Waals surface area contributed by atoms with Crippen molar-refractivity contribution in [3.63, 3.8) is 0 Å². The van der Waals surface area contributed by atoms with Crippen LogP contribution in [0.4, 0.5) is 10.7 Å². The second kappa shape index (κ2) is 7.72. The first-order valence-corrected chi connectivity index (χ1v) is 8.21. The lowest BCUT2D eigenvalue weighted by molar-refractivity contribution is 0.232. The Morgan fingerprint density at radius 2 is 2.00 bits per heavy atom. The Morgan fingerprint density at radius 1 is 1.25 bits per heavy atom. The van der Waals surface area contributed by atoms with Gasteiger partial charge in [0.15, 0.2) is 0 Å². The topological polar surface area (TPSA) is 83.0 Å². The zero-order valence-corrected chi connectivity index (χ0v) is 13.7. The Labute approximate surface area is 141 Å². The molecule has 1 aliphatic heterocycles. The van der Waals surface area contributed by atoms with Crippen LogP contribution in [0, 0.1) is 0 Å². The van der Waals surface area contributed by atoms with Crippen LogP contribution in [-0.2, 0) is 0 Å². The van der Waals surface area contributed by atoms with Crippen molar-refractivity contribution in [1.82, 2.24) is 25.6 Å². The Balaban J connectivity index is 1.53. The summed E-state index contributed by atoms with van der Waals surface area (Å²) in [5, 5.41) is 6.03. The van der Waals surface area contributed by atoms with E-state index in [1.165, 1.54) is 0 Å². The third kappa shape index (κ3) is 4.18. The monoisotopic (exact) mass is 326 g/mol. The molecule has 0 spiro atoms. The van der Waals surface area contributed by atoms with Gasteiger partial charge in [-0.05, 0) is 43.5 Å². The molecule has 2 aromatic heterocycles. The maximum Gasteiger partial charge on any atom is 0.315 e. The molecule has 2 atom stereocenters. The predicted molar refractivity (Wildman–Crippen MR) is 91.6 cm³/mol. The normalized spacial score (nSPS) is 18.7. The van der Waals surface area contributed by atoms with E-state index in [0.29, 0.717) is 0 Å². The van der Waals surface area contributed by atoms with E-state index in [-0.39, 0.29) is 18.1 Å². The summed E-state index contributed by atoms with van der Waals surface area (Å²) >= 11 is 0. The summed E-state index contributed by atoms with van der Waals surface area (Å²) in [5.74, 6) is 0.717. The minimum atomic E-state index is -0.153. The summed E-state index contributed by atoms with van der Waals surface area (Å²) in [6.07, 6.45) is 8.89. The van der Waals surface area contributed by atoms with E-state index in [4.69, 9.17) is 0 Å². The van der Waals surface area contributed by atoms with Crippen molar-refractivity contribution < 1.29 is 4.79 Å². The first-order chi connectivity index (χ1) is 11.7. The summed E-state index contributed by atoms with van der Waals surface area (Å²) in [4.78, 5) is 26.9. The Morgan fingerprint density at radius 3 is 2.75 bits per heavy atom. The van der Waals surface area contributed by atoms with E-state index in [0.717, 1.165) is 37.4 Å². The van der Waals surface area contributed by atoms with Crippen molar-refractivity contribution in [2.24, 2.45) is 0 Å². The number of piperidine rings is 1. The summed E-state index contributed by atoms with van der Waals surface area (Å²) in [5.41, 5.74) is 1.03. The van der Waals surface area contributed by atoms with E-state index < -0.39 is 0 Å². The maximum atomic E-state index is 12.3. The number of amides is 2. The first-order valence-electron chi connectivity index (χ1n) is 8.21. The van der Waals surface area contributed by atoms with Gasteiger partial charge < -0.3 is 15.5 Å². The molecule has 24 heavy (non-hydrogen) atoms. The average molecular weight is 326 g/mol. The van der Waals surface area contributed by atoms with Crippen molar-refractivity contribution in [3.05, 3.63) is 48.5 Å². The number of hydrogen-bond acceptors (Lipinski definition) is 5. The second-order valence-corrected chi connectivity index (χ2v) is 5.95. The van der Waals surface area contributed by atoms with Gasteiger partial charge in [-0.3, -0.25) is 4.98 Å². The summed E-state index contributed by atoms with van der Waals surface area (Å²) in [6.45, 7) is 3.60. The van der Waals surface area contributed by atoms with Gasteiger partial charge in [0, 0.05) is 43.9 Å². The minimum Gasteiger partial charge on any atom is -0.339 e. The molecule has 2 aromatic rings. The number of carbonyl (C=O) groups excluding carboxylic acids is 1. The number of hydrogen-bond donors (Lipinski definition) is 2. The van der Waals surface area contributed by atoms with Crippen LogP contribution in [0.2, 0.25) is 0 Å². The van der Waals surface area contributed by atoms with Gasteiger partial charge in [-0.2, -0.15) is 0 Å². The van der Waals surface area contributed by atoms with Crippen molar-refractivity contribution in [3.8, 4) is 0 Å². The van der Waals surface area contributed by atoms with Crippen molar-refractivity contribution >= 4 is 12.0 Å². The third-order valence-corrected chi connectivity index (χ3v) is 4.15. The lowest BCUT2D eigenvalue weighted by Crippen LogP contribution is -2.51. The number of rotatable bonds is 4. The van der Waals surface area contributed by atoms with Gasteiger partial charge in [-0.25, -0.2) is 14.8 Å². The maximum absolute atomic E-state index is 12.3. The molecule has 3 heterocycles. The van der Waals surface area contributed by atoms with Crippen LogP contribution in [-0.4, -0.2) is 40.1 Å². The summed E-state index contributed by atoms with van der Waals surface area (Å²) in [6, 6.07) is 5.48. The number of carbonyl (C=O) groups is 1. The smallest absolute Gasteiger partial charge is 0.315 e. The van der Waals surface area contributed by atoms with Crippen LogP contribution < -0.4 is 15.5 Å². The number of pyridine rings is 1.